The summed E-state index contributed by atoms with van der Waals surface area (Å²) in [6.45, 7) is 2.46. The Balaban J connectivity index is 1.45. The van der Waals surface area contributed by atoms with Crippen LogP contribution in [0.1, 0.15) is 27.3 Å². The van der Waals surface area contributed by atoms with Gasteiger partial charge in [-0.25, -0.2) is 10.2 Å². The normalized spacial score (nSPS) is 10.9. The highest BCUT2D eigenvalue weighted by Crippen LogP contribution is 2.33. The highest BCUT2D eigenvalue weighted by Gasteiger charge is 2.20. The number of hydrogen-bond acceptors (Lipinski definition) is 9. The average molecular weight is 561 g/mol. The number of methoxy groups -OCH3 is 2. The van der Waals surface area contributed by atoms with Crippen LogP contribution in [0.5, 0.6) is 11.5 Å². The predicted octanol–water partition coefficient (Wildman–Crippen LogP) is 4.15. The molecule has 0 atom stereocenters. The molecule has 1 heterocycles. The summed E-state index contributed by atoms with van der Waals surface area (Å²) in [5.41, 5.74) is 5.54. The lowest BCUT2D eigenvalue weighted by molar-refractivity contribution is -0.118. The number of hydrazone groups is 1. The van der Waals surface area contributed by atoms with E-state index >= 15 is 0 Å². The number of amides is 1. The van der Waals surface area contributed by atoms with Crippen molar-refractivity contribution in [2.45, 2.75) is 18.6 Å². The molecule has 0 saturated carbocycles. The Labute approximate surface area is 235 Å². The number of carboxylic acids is 1. The van der Waals surface area contributed by atoms with E-state index in [4.69, 9.17) is 9.47 Å². The summed E-state index contributed by atoms with van der Waals surface area (Å²) in [5, 5.41) is 26.1. The van der Waals surface area contributed by atoms with Crippen LogP contribution in [0.15, 0.2) is 77.0 Å². The molecule has 4 aromatic rings. The van der Waals surface area contributed by atoms with Crippen LogP contribution in [0, 0.1) is 6.92 Å². The second kappa shape index (κ2) is 13.3. The first-order valence-corrected chi connectivity index (χ1v) is 13.1. The molecular weight excluding hydrogens is 532 g/mol. The number of aryl methyl sites for hydroxylation is 1. The van der Waals surface area contributed by atoms with Gasteiger partial charge in [0.1, 0.15) is 5.56 Å². The Morgan fingerprint density at radius 1 is 1.02 bits per heavy atom. The number of carbonyl (C=O) groups is 2. The van der Waals surface area contributed by atoms with Crippen LogP contribution in [-0.2, 0) is 11.3 Å². The molecule has 0 saturated heterocycles. The number of nitrogens with one attached hydrogen (secondary N) is 2. The SMILES string of the molecule is COc1ccc(C=NNC(=O)CSc2nnc(CNc3ccc(C)cc3)n2-c2ccccc2)c(C(=O)O)c1OC. The second-order valence-corrected chi connectivity index (χ2v) is 9.38. The van der Waals surface area contributed by atoms with Gasteiger partial charge in [-0.1, -0.05) is 47.7 Å². The molecule has 3 N–H and O–H groups in total. The monoisotopic (exact) mass is 560 g/mol. The number of rotatable bonds is 12. The first-order chi connectivity index (χ1) is 19.4. The maximum absolute atomic E-state index is 12.6. The Morgan fingerprint density at radius 2 is 1.77 bits per heavy atom. The van der Waals surface area contributed by atoms with Crippen molar-refractivity contribution >= 4 is 35.5 Å². The van der Waals surface area contributed by atoms with E-state index in [-0.39, 0.29) is 28.4 Å². The number of anilines is 1. The summed E-state index contributed by atoms with van der Waals surface area (Å²) in [4.78, 5) is 24.4. The van der Waals surface area contributed by atoms with Gasteiger partial charge in [-0.05, 0) is 43.3 Å². The van der Waals surface area contributed by atoms with Crippen LogP contribution in [0.3, 0.4) is 0 Å². The number of carbonyl (C=O) groups excluding carboxylic acids is 1. The molecule has 1 aromatic heterocycles. The van der Waals surface area contributed by atoms with Gasteiger partial charge in [-0.2, -0.15) is 5.10 Å². The number of aromatic nitrogens is 3. The number of aromatic carboxylic acids is 1. The van der Waals surface area contributed by atoms with Crippen LogP contribution in [0.2, 0.25) is 0 Å². The fourth-order valence-electron chi connectivity index (χ4n) is 3.80. The van der Waals surface area contributed by atoms with Crippen molar-refractivity contribution in [2.24, 2.45) is 5.10 Å². The Kier molecular flexibility index (Phi) is 9.36. The van der Waals surface area contributed by atoms with Crippen LogP contribution < -0.4 is 20.2 Å². The van der Waals surface area contributed by atoms with Gasteiger partial charge in [-0.15, -0.1) is 10.2 Å². The third kappa shape index (κ3) is 6.77. The van der Waals surface area contributed by atoms with Gasteiger partial charge in [-0.3, -0.25) is 9.36 Å². The highest BCUT2D eigenvalue weighted by molar-refractivity contribution is 7.99. The molecule has 0 aliphatic heterocycles. The van der Waals surface area contributed by atoms with Crippen LogP contribution in [0.4, 0.5) is 5.69 Å². The molecule has 12 heteroatoms. The maximum Gasteiger partial charge on any atom is 0.340 e. The third-order valence-electron chi connectivity index (χ3n) is 5.73. The first-order valence-electron chi connectivity index (χ1n) is 12.1. The van der Waals surface area contributed by atoms with Crippen LogP contribution in [-0.4, -0.2) is 57.9 Å². The number of ether oxygens (including phenoxy) is 2. The van der Waals surface area contributed by atoms with E-state index in [2.05, 4.69) is 26.0 Å². The van der Waals surface area contributed by atoms with Gasteiger partial charge >= 0.3 is 5.97 Å². The Hall–Kier alpha value is -4.84. The van der Waals surface area contributed by atoms with E-state index in [1.807, 2.05) is 66.1 Å². The van der Waals surface area contributed by atoms with E-state index in [9.17, 15) is 14.7 Å². The Bertz CT molecular complexity index is 1510. The molecule has 4 rings (SSSR count). The van der Waals surface area contributed by atoms with Crippen molar-refractivity contribution in [2.75, 3.05) is 25.3 Å². The van der Waals surface area contributed by atoms with Gasteiger partial charge < -0.3 is 19.9 Å². The summed E-state index contributed by atoms with van der Waals surface area (Å²) in [6, 6.07) is 20.8. The van der Waals surface area contributed by atoms with Crippen molar-refractivity contribution in [3.05, 3.63) is 89.2 Å². The molecule has 0 bridgehead atoms. The van der Waals surface area contributed by atoms with Crippen molar-refractivity contribution in [1.29, 1.82) is 0 Å². The average Bonchev–Trinajstić information content (AvgIpc) is 3.38. The van der Waals surface area contributed by atoms with E-state index in [0.717, 1.165) is 11.4 Å². The van der Waals surface area contributed by atoms with Gasteiger partial charge in [0.2, 0.25) is 0 Å². The minimum Gasteiger partial charge on any atom is -0.493 e. The second-order valence-electron chi connectivity index (χ2n) is 8.44. The molecule has 3 aromatic carbocycles. The van der Waals surface area contributed by atoms with Gasteiger partial charge in [0, 0.05) is 16.9 Å². The largest absolute Gasteiger partial charge is 0.493 e. The lowest BCUT2D eigenvalue weighted by atomic mass is 10.1. The van der Waals surface area contributed by atoms with Crippen molar-refractivity contribution < 1.29 is 24.2 Å². The van der Waals surface area contributed by atoms with E-state index in [0.29, 0.717) is 17.5 Å². The highest BCUT2D eigenvalue weighted by atomic mass is 32.2. The summed E-state index contributed by atoms with van der Waals surface area (Å²) in [7, 11) is 2.76. The summed E-state index contributed by atoms with van der Waals surface area (Å²) >= 11 is 1.20. The number of hydrogen-bond donors (Lipinski definition) is 3. The Morgan fingerprint density at radius 3 is 2.45 bits per heavy atom. The van der Waals surface area contributed by atoms with Gasteiger partial charge in [0.15, 0.2) is 22.5 Å². The standard InChI is InChI=1S/C28H28N6O5S/c1-18-9-12-20(13-10-18)29-16-23-31-33-28(34(23)21-7-5-4-6-8-21)40-17-24(35)32-30-15-19-11-14-22(38-2)26(39-3)25(19)27(36)37/h4-15,29H,16-17H2,1-3H3,(H,32,35)(H,36,37). The number of carboxylic acid groups (broad SMARTS) is 1. The fourth-order valence-corrected chi connectivity index (χ4v) is 4.57. The van der Waals surface area contributed by atoms with Crippen molar-refractivity contribution in [3.8, 4) is 17.2 Å². The molecule has 0 aliphatic rings. The van der Waals surface area contributed by atoms with Crippen LogP contribution >= 0.6 is 11.8 Å². The number of benzene rings is 3. The fraction of sp³-hybridized carbons (Fsp3) is 0.179. The summed E-state index contributed by atoms with van der Waals surface area (Å²) in [5.74, 6) is -0.595. The zero-order valence-electron chi connectivity index (χ0n) is 22.1. The molecule has 0 fully saturated rings. The van der Waals surface area contributed by atoms with E-state index in [1.54, 1.807) is 6.07 Å². The third-order valence-corrected chi connectivity index (χ3v) is 6.66. The zero-order chi connectivity index (χ0) is 28.5. The van der Waals surface area contributed by atoms with Crippen molar-refractivity contribution in [3.63, 3.8) is 0 Å². The molecular formula is C28H28N6O5S. The molecule has 0 radical (unpaired) electrons. The smallest absolute Gasteiger partial charge is 0.340 e. The number of para-hydroxylation sites is 1. The molecule has 0 unspecified atom stereocenters. The number of nitrogens with zero attached hydrogens (tertiary/aromatic N) is 4. The lowest BCUT2D eigenvalue weighted by Gasteiger charge is -2.12. The van der Waals surface area contributed by atoms with Crippen LogP contribution in [0.25, 0.3) is 5.69 Å². The zero-order valence-corrected chi connectivity index (χ0v) is 22.9. The predicted molar refractivity (Wildman–Crippen MR) is 153 cm³/mol. The molecule has 1 amide bonds. The number of thioether (sulfide) groups is 1. The first kappa shape index (κ1) is 28.2. The summed E-state index contributed by atoms with van der Waals surface area (Å²) < 4.78 is 12.3. The van der Waals surface area contributed by atoms with E-state index < -0.39 is 11.9 Å². The van der Waals surface area contributed by atoms with Crippen molar-refractivity contribution in [1.82, 2.24) is 20.2 Å². The van der Waals surface area contributed by atoms with Gasteiger partial charge in [0.05, 0.1) is 32.7 Å². The lowest BCUT2D eigenvalue weighted by Crippen LogP contribution is -2.20. The topological polar surface area (TPSA) is 140 Å². The molecule has 0 aliphatic carbocycles. The minimum absolute atomic E-state index is 0.00538. The van der Waals surface area contributed by atoms with Gasteiger partial charge in [0.25, 0.3) is 5.91 Å². The molecule has 11 nitrogen and oxygen atoms in total. The van der Waals surface area contributed by atoms with E-state index in [1.165, 1.54) is 43.8 Å². The minimum atomic E-state index is -1.22. The quantitative estimate of drug-likeness (QED) is 0.132. The molecule has 0 spiro atoms. The molecule has 206 valence electrons. The summed E-state index contributed by atoms with van der Waals surface area (Å²) in [6.07, 6.45) is 1.25. The maximum atomic E-state index is 12.6. The molecule has 40 heavy (non-hydrogen) atoms.